The van der Waals surface area contributed by atoms with Gasteiger partial charge in [0.05, 0.1) is 4.47 Å². The van der Waals surface area contributed by atoms with E-state index in [-0.39, 0.29) is 0 Å². The predicted octanol–water partition coefficient (Wildman–Crippen LogP) is 3.61. The Morgan fingerprint density at radius 3 is 2.58 bits per heavy atom. The molecule has 0 radical (unpaired) electrons. The third kappa shape index (κ3) is 3.97. The maximum atomic E-state index is 5.24. The molecule has 0 aliphatic carbocycles. The third-order valence-electron chi connectivity index (χ3n) is 2.49. The molecular weight excluding hydrogens is 324 g/mol. The fraction of sp³-hybridized carbons (Fsp3) is 0.154. The second kappa shape index (κ2) is 6.58. The number of hydrogen-bond acceptors (Lipinski definition) is 3. The molecule has 4 nitrogen and oxygen atoms in total. The van der Waals surface area contributed by atoms with Crippen LogP contribution in [0, 0.1) is 0 Å². The Morgan fingerprint density at radius 1 is 1.21 bits per heavy atom. The number of anilines is 2. The van der Waals surface area contributed by atoms with Crippen molar-refractivity contribution in [2.75, 3.05) is 10.6 Å². The summed E-state index contributed by atoms with van der Waals surface area (Å²) in [5.41, 5.74) is 2.21. The Balaban J connectivity index is 2.03. The van der Waals surface area contributed by atoms with Gasteiger partial charge in [0.1, 0.15) is 0 Å². The van der Waals surface area contributed by atoms with Gasteiger partial charge < -0.3 is 10.6 Å². The summed E-state index contributed by atoms with van der Waals surface area (Å²) < 4.78 is 0.827. The number of rotatable bonds is 3. The molecule has 1 heterocycles. The normalized spacial score (nSPS) is 10.0. The van der Waals surface area contributed by atoms with Crippen molar-refractivity contribution in [1.29, 1.82) is 0 Å². The number of aromatic nitrogens is 2. The largest absolute Gasteiger partial charge is 0.332 e. The summed E-state index contributed by atoms with van der Waals surface area (Å²) in [4.78, 5) is 8.21. The first-order valence-electron chi connectivity index (χ1n) is 5.82. The van der Waals surface area contributed by atoms with Crippen LogP contribution in [0.2, 0.25) is 0 Å². The summed E-state index contributed by atoms with van der Waals surface area (Å²) in [6.45, 7) is 2.11. The molecule has 0 bridgehead atoms. The summed E-state index contributed by atoms with van der Waals surface area (Å²) in [6, 6.07) is 8.05. The maximum absolute atomic E-state index is 5.24. The van der Waals surface area contributed by atoms with Crippen LogP contribution in [0.1, 0.15) is 12.5 Å². The van der Waals surface area contributed by atoms with E-state index in [0.29, 0.717) is 11.1 Å². The van der Waals surface area contributed by atoms with E-state index in [2.05, 4.69) is 49.5 Å². The molecule has 2 N–H and O–H groups in total. The smallest absolute Gasteiger partial charge is 0.228 e. The Kier molecular flexibility index (Phi) is 4.81. The Labute approximate surface area is 125 Å². The summed E-state index contributed by atoms with van der Waals surface area (Å²) in [6.07, 6.45) is 4.27. The van der Waals surface area contributed by atoms with Gasteiger partial charge >= 0.3 is 0 Å². The lowest BCUT2D eigenvalue weighted by Gasteiger charge is -2.12. The van der Waals surface area contributed by atoms with E-state index < -0.39 is 0 Å². The standard InChI is InChI=1S/C13H13BrN4S/c1-2-9-5-3-4-6-11(9)17-13(19)18-12-15-7-10(14)8-16-12/h3-8H,2H2,1H3,(H2,15,16,17,18,19). The monoisotopic (exact) mass is 336 g/mol. The highest BCUT2D eigenvalue weighted by Crippen LogP contribution is 2.15. The van der Waals surface area contributed by atoms with Crippen molar-refractivity contribution in [2.24, 2.45) is 0 Å². The highest BCUT2D eigenvalue weighted by atomic mass is 79.9. The molecule has 0 saturated heterocycles. The SMILES string of the molecule is CCc1ccccc1NC(=S)Nc1ncc(Br)cn1. The first-order valence-corrected chi connectivity index (χ1v) is 7.02. The molecular formula is C13H13BrN4S. The molecule has 0 amide bonds. The molecule has 1 aromatic carbocycles. The molecule has 6 heteroatoms. The summed E-state index contributed by atoms with van der Waals surface area (Å²) in [7, 11) is 0. The van der Waals surface area contributed by atoms with Crippen LogP contribution in [0.25, 0.3) is 0 Å². The summed E-state index contributed by atoms with van der Waals surface area (Å²) in [5.74, 6) is 0.467. The fourth-order valence-corrected chi connectivity index (χ4v) is 1.99. The Bertz CT molecular complexity index is 571. The van der Waals surface area contributed by atoms with Crippen molar-refractivity contribution in [1.82, 2.24) is 9.97 Å². The molecule has 0 spiro atoms. The molecule has 0 saturated carbocycles. The second-order valence-corrected chi connectivity index (χ2v) is 5.14. The number of aryl methyl sites for hydroxylation is 1. The predicted molar refractivity (Wildman–Crippen MR) is 85.4 cm³/mol. The lowest BCUT2D eigenvalue weighted by Crippen LogP contribution is -2.21. The van der Waals surface area contributed by atoms with Gasteiger partial charge in [-0.15, -0.1) is 0 Å². The van der Waals surface area contributed by atoms with Crippen LogP contribution in [0.4, 0.5) is 11.6 Å². The summed E-state index contributed by atoms with van der Waals surface area (Å²) >= 11 is 8.53. The van der Waals surface area contributed by atoms with Gasteiger partial charge in [-0.05, 0) is 46.2 Å². The molecule has 2 rings (SSSR count). The van der Waals surface area contributed by atoms with E-state index in [1.165, 1.54) is 5.56 Å². The van der Waals surface area contributed by atoms with Gasteiger partial charge in [0, 0.05) is 18.1 Å². The van der Waals surface area contributed by atoms with Gasteiger partial charge in [-0.1, -0.05) is 25.1 Å². The van der Waals surface area contributed by atoms with Crippen molar-refractivity contribution in [3.05, 3.63) is 46.7 Å². The lowest BCUT2D eigenvalue weighted by molar-refractivity contribution is 1.14. The van der Waals surface area contributed by atoms with Gasteiger partial charge in [0.25, 0.3) is 0 Å². The number of hydrogen-bond donors (Lipinski definition) is 2. The molecule has 0 fully saturated rings. The van der Waals surface area contributed by atoms with Gasteiger partial charge in [-0.3, -0.25) is 0 Å². The zero-order valence-electron chi connectivity index (χ0n) is 10.4. The third-order valence-corrected chi connectivity index (χ3v) is 3.11. The minimum Gasteiger partial charge on any atom is -0.332 e. The van der Waals surface area contributed by atoms with E-state index in [4.69, 9.17) is 12.2 Å². The molecule has 2 aromatic rings. The van der Waals surface area contributed by atoms with E-state index in [1.54, 1.807) is 12.4 Å². The Hall–Kier alpha value is -1.53. The van der Waals surface area contributed by atoms with Crippen molar-refractivity contribution in [3.8, 4) is 0 Å². The van der Waals surface area contributed by atoms with E-state index in [1.807, 2.05) is 18.2 Å². The van der Waals surface area contributed by atoms with Crippen LogP contribution in [-0.4, -0.2) is 15.1 Å². The minimum absolute atomic E-state index is 0.467. The zero-order valence-corrected chi connectivity index (χ0v) is 12.8. The molecule has 98 valence electrons. The van der Waals surface area contributed by atoms with Crippen LogP contribution >= 0.6 is 28.1 Å². The molecule has 0 unspecified atom stereocenters. The highest BCUT2D eigenvalue weighted by Gasteiger charge is 2.03. The van der Waals surface area contributed by atoms with E-state index >= 15 is 0 Å². The molecule has 0 aliphatic heterocycles. The highest BCUT2D eigenvalue weighted by molar-refractivity contribution is 9.10. The number of para-hydroxylation sites is 1. The number of nitrogens with zero attached hydrogens (tertiary/aromatic N) is 2. The van der Waals surface area contributed by atoms with Gasteiger partial charge in [-0.2, -0.15) is 0 Å². The lowest BCUT2D eigenvalue weighted by atomic mass is 10.1. The number of benzene rings is 1. The van der Waals surface area contributed by atoms with Crippen molar-refractivity contribution >= 4 is 44.9 Å². The number of nitrogens with one attached hydrogen (secondary N) is 2. The molecule has 19 heavy (non-hydrogen) atoms. The molecule has 1 aromatic heterocycles. The van der Waals surface area contributed by atoms with Gasteiger partial charge in [0.2, 0.25) is 5.95 Å². The van der Waals surface area contributed by atoms with Crippen molar-refractivity contribution < 1.29 is 0 Å². The minimum atomic E-state index is 0.467. The van der Waals surface area contributed by atoms with Crippen molar-refractivity contribution in [3.63, 3.8) is 0 Å². The molecule has 0 atom stereocenters. The van der Waals surface area contributed by atoms with Crippen LogP contribution < -0.4 is 10.6 Å². The van der Waals surface area contributed by atoms with E-state index in [0.717, 1.165) is 16.6 Å². The van der Waals surface area contributed by atoms with Crippen LogP contribution in [0.5, 0.6) is 0 Å². The van der Waals surface area contributed by atoms with Crippen molar-refractivity contribution in [2.45, 2.75) is 13.3 Å². The topological polar surface area (TPSA) is 49.8 Å². The first kappa shape index (κ1) is 13.9. The Morgan fingerprint density at radius 2 is 1.89 bits per heavy atom. The van der Waals surface area contributed by atoms with Crippen LogP contribution in [0.15, 0.2) is 41.1 Å². The van der Waals surface area contributed by atoms with Crippen LogP contribution in [-0.2, 0) is 6.42 Å². The number of halogens is 1. The zero-order chi connectivity index (χ0) is 13.7. The second-order valence-electron chi connectivity index (χ2n) is 3.81. The first-order chi connectivity index (χ1) is 9.19. The average molecular weight is 337 g/mol. The summed E-state index contributed by atoms with van der Waals surface area (Å²) in [5, 5.41) is 6.57. The fourth-order valence-electron chi connectivity index (χ4n) is 1.58. The maximum Gasteiger partial charge on any atom is 0.228 e. The van der Waals surface area contributed by atoms with Gasteiger partial charge in [-0.25, -0.2) is 9.97 Å². The average Bonchev–Trinajstić information content (AvgIpc) is 2.42. The van der Waals surface area contributed by atoms with E-state index in [9.17, 15) is 0 Å². The number of thiocarbonyl (C=S) groups is 1. The quantitative estimate of drug-likeness (QED) is 0.838. The van der Waals surface area contributed by atoms with Gasteiger partial charge in [0.15, 0.2) is 5.11 Å². The van der Waals surface area contributed by atoms with Crippen LogP contribution in [0.3, 0.4) is 0 Å². The molecule has 0 aliphatic rings.